The van der Waals surface area contributed by atoms with Crippen LogP contribution < -0.4 is 0 Å². The fourth-order valence-electron chi connectivity index (χ4n) is 7.43. The molecule has 0 N–H and O–H groups in total. The van der Waals surface area contributed by atoms with Crippen molar-refractivity contribution in [1.82, 2.24) is 0 Å². The van der Waals surface area contributed by atoms with Crippen molar-refractivity contribution < 1.29 is 17.0 Å². The van der Waals surface area contributed by atoms with Crippen molar-refractivity contribution in [3.63, 3.8) is 0 Å². The van der Waals surface area contributed by atoms with E-state index in [2.05, 4.69) is 69.2 Å². The second-order valence-electron chi connectivity index (χ2n) is 15.1. The van der Waals surface area contributed by atoms with Crippen LogP contribution in [0.4, 0.5) is 0 Å². The standard InChI is InChI=1S/C31H60N2.2ClH.Ti/c1-23(2)19-31(20-24(3)4,21-32-27-17-13-11-15-25(27)29(5,6)7)22-33-28-18-14-12-16-26(28)30(8,9)10;;;/h23-28H,11-22H2,1-10H3;2*1H;/q-2;;;+2/p-2. The minimum atomic E-state index is -0.556. The minimum absolute atomic E-state index is 0.238. The molecule has 2 fully saturated rings. The maximum atomic E-state index is 5.58. The zero-order valence-corrected chi connectivity index (χ0v) is 28.7. The summed E-state index contributed by atoms with van der Waals surface area (Å²) in [6.07, 6.45) is 13.3. The summed E-state index contributed by atoms with van der Waals surface area (Å²) in [5.41, 5.74) is 0.960. The van der Waals surface area contributed by atoms with Crippen molar-refractivity contribution in [1.29, 1.82) is 0 Å². The Kier molecular flexibility index (Phi) is 16.1. The fraction of sp³-hybridized carbons (Fsp3) is 1.00. The van der Waals surface area contributed by atoms with Gasteiger partial charge in [-0.3, -0.25) is 0 Å². The summed E-state index contributed by atoms with van der Waals surface area (Å²) in [5.74, 6) is 2.87. The van der Waals surface area contributed by atoms with Crippen LogP contribution in [-0.4, -0.2) is 25.2 Å². The van der Waals surface area contributed by atoms with Crippen molar-refractivity contribution in [2.75, 3.05) is 13.1 Å². The molecule has 2 aliphatic rings. The third-order valence-electron chi connectivity index (χ3n) is 8.69. The van der Waals surface area contributed by atoms with E-state index in [-0.39, 0.29) is 5.41 Å². The van der Waals surface area contributed by atoms with Gasteiger partial charge in [-0.1, -0.05) is 138 Å². The van der Waals surface area contributed by atoms with Crippen LogP contribution in [0.2, 0.25) is 0 Å². The molecule has 2 rings (SSSR count). The molecule has 0 spiro atoms. The average Bonchev–Trinajstić information content (AvgIpc) is 2.75. The van der Waals surface area contributed by atoms with Crippen LogP contribution in [0.15, 0.2) is 0 Å². The van der Waals surface area contributed by atoms with E-state index in [1.54, 1.807) is 0 Å². The molecule has 0 aliphatic heterocycles. The van der Waals surface area contributed by atoms with Crippen LogP contribution >= 0.6 is 18.6 Å². The Hall–Kier alpha value is 1.21. The van der Waals surface area contributed by atoms with Gasteiger partial charge < -0.3 is 10.6 Å². The molecule has 36 heavy (non-hydrogen) atoms. The van der Waals surface area contributed by atoms with E-state index in [1.165, 1.54) is 64.2 Å². The summed E-state index contributed by atoms with van der Waals surface area (Å²) in [6, 6.07) is 1.10. The van der Waals surface area contributed by atoms with Gasteiger partial charge in [-0.2, -0.15) is 0 Å². The third kappa shape index (κ3) is 12.6. The topological polar surface area (TPSA) is 28.2 Å². The quantitative estimate of drug-likeness (QED) is 0.230. The van der Waals surface area contributed by atoms with Crippen molar-refractivity contribution in [3.8, 4) is 0 Å². The molecule has 0 amide bonds. The van der Waals surface area contributed by atoms with Gasteiger partial charge in [0.2, 0.25) is 0 Å². The molecule has 0 aromatic rings. The Labute approximate surface area is 243 Å². The Bertz CT molecular complexity index is 532. The van der Waals surface area contributed by atoms with Gasteiger partial charge >= 0.3 is 35.6 Å². The zero-order valence-electron chi connectivity index (χ0n) is 25.6. The summed E-state index contributed by atoms with van der Waals surface area (Å²) in [6.45, 7) is 26.3. The molecule has 0 bridgehead atoms. The Morgan fingerprint density at radius 3 is 1.22 bits per heavy atom. The van der Waals surface area contributed by atoms with Crippen LogP contribution in [0.5, 0.6) is 0 Å². The van der Waals surface area contributed by atoms with Gasteiger partial charge in [-0.05, 0) is 35.5 Å². The molecule has 0 aromatic carbocycles. The van der Waals surface area contributed by atoms with Gasteiger partial charge in [0.1, 0.15) is 0 Å². The van der Waals surface area contributed by atoms with Crippen LogP contribution in [0.1, 0.15) is 133 Å². The molecule has 0 heterocycles. The Morgan fingerprint density at radius 2 is 0.944 bits per heavy atom. The van der Waals surface area contributed by atoms with Crippen molar-refractivity contribution in [2.24, 2.45) is 39.9 Å². The molecule has 4 unspecified atom stereocenters. The summed E-state index contributed by atoms with van der Waals surface area (Å²) in [4.78, 5) is 0. The second kappa shape index (κ2) is 16.5. The molecule has 0 radical (unpaired) electrons. The summed E-state index contributed by atoms with van der Waals surface area (Å²) in [7, 11) is 9.78. The molecule has 5 heteroatoms. The van der Waals surface area contributed by atoms with Gasteiger partial charge in [-0.15, -0.1) is 25.2 Å². The molecule has 2 nitrogen and oxygen atoms in total. The van der Waals surface area contributed by atoms with E-state index in [4.69, 9.17) is 29.2 Å². The van der Waals surface area contributed by atoms with Crippen LogP contribution in [0.3, 0.4) is 0 Å². The van der Waals surface area contributed by atoms with Crippen molar-refractivity contribution in [2.45, 2.75) is 146 Å². The zero-order chi connectivity index (χ0) is 27.6. The fourth-order valence-corrected chi connectivity index (χ4v) is 7.43. The SMILES string of the molecule is CC(C)CC(C[N-]C1CCCCC1C(C)(C)C)(C[N-]C1CCCCC1C(C)(C)C)CC(C)C.[Cl][Ti][Cl]. The normalized spacial score (nSPS) is 26.1. The molecule has 4 atom stereocenters. The molecule has 2 aliphatic carbocycles. The Morgan fingerprint density at radius 1 is 0.639 bits per heavy atom. The first-order valence-corrected chi connectivity index (χ1v) is 19.2. The number of rotatable bonds is 10. The maximum absolute atomic E-state index is 5.58. The average molecular weight is 580 g/mol. The number of nitrogens with zero attached hydrogens (tertiary/aromatic N) is 2. The molecule has 0 aromatic heterocycles. The van der Waals surface area contributed by atoms with E-state index < -0.39 is 17.0 Å². The second-order valence-corrected chi connectivity index (χ2v) is 17.7. The first-order valence-electron chi connectivity index (χ1n) is 14.9. The van der Waals surface area contributed by atoms with Gasteiger partial charge in [0, 0.05) is 0 Å². The van der Waals surface area contributed by atoms with E-state index in [1.807, 2.05) is 0 Å². The summed E-state index contributed by atoms with van der Waals surface area (Å²) < 4.78 is 0. The summed E-state index contributed by atoms with van der Waals surface area (Å²) in [5, 5.41) is 11.2. The van der Waals surface area contributed by atoms with Gasteiger partial charge in [0.25, 0.3) is 0 Å². The van der Waals surface area contributed by atoms with E-state index in [0.29, 0.717) is 34.7 Å². The van der Waals surface area contributed by atoms with Crippen LogP contribution in [-0.2, 0) is 17.0 Å². The van der Waals surface area contributed by atoms with Gasteiger partial charge in [0.05, 0.1) is 0 Å². The molecular formula is C31H60Cl2N2Ti-2. The van der Waals surface area contributed by atoms with E-state index >= 15 is 0 Å². The van der Waals surface area contributed by atoms with E-state index in [9.17, 15) is 0 Å². The number of hydrogen-bond acceptors (Lipinski definition) is 0. The Balaban J connectivity index is 0.00000205. The first-order chi connectivity index (χ1) is 16.6. The van der Waals surface area contributed by atoms with Crippen LogP contribution in [0.25, 0.3) is 10.6 Å². The van der Waals surface area contributed by atoms with E-state index in [0.717, 1.165) is 24.9 Å². The summed E-state index contributed by atoms with van der Waals surface area (Å²) >= 11 is -0.556. The molecule has 0 saturated heterocycles. The van der Waals surface area contributed by atoms with Gasteiger partial charge in [0.15, 0.2) is 0 Å². The molecule has 2 saturated carbocycles. The van der Waals surface area contributed by atoms with Crippen molar-refractivity contribution in [3.05, 3.63) is 10.6 Å². The number of hydrogen-bond donors (Lipinski definition) is 0. The predicted molar refractivity (Wildman–Crippen MR) is 160 cm³/mol. The first kappa shape index (κ1) is 35.2. The molecular weight excluding hydrogens is 519 g/mol. The number of halogens is 2. The van der Waals surface area contributed by atoms with Crippen molar-refractivity contribution >= 4 is 18.6 Å². The third-order valence-corrected chi connectivity index (χ3v) is 8.69. The predicted octanol–water partition coefficient (Wildman–Crippen LogP) is 11.4. The molecule has 214 valence electrons. The monoisotopic (exact) mass is 578 g/mol. The van der Waals surface area contributed by atoms with Crippen LogP contribution in [0, 0.1) is 39.9 Å². The van der Waals surface area contributed by atoms with Gasteiger partial charge in [-0.25, -0.2) is 0 Å².